The van der Waals surface area contributed by atoms with Crippen molar-refractivity contribution in [3.63, 3.8) is 0 Å². The molecule has 2 aliphatic heterocycles. The van der Waals surface area contributed by atoms with Crippen molar-refractivity contribution in [3.05, 3.63) is 29.8 Å². The van der Waals surface area contributed by atoms with Gasteiger partial charge in [-0.2, -0.15) is 4.31 Å². The predicted molar refractivity (Wildman–Crippen MR) is 94.2 cm³/mol. The molecule has 0 radical (unpaired) electrons. The number of hydrogen-bond donors (Lipinski definition) is 2. The summed E-state index contributed by atoms with van der Waals surface area (Å²) in [5.41, 5.74) is 0.347. The lowest BCUT2D eigenvalue weighted by Gasteiger charge is -2.28. The SMILES string of the molecule is Cl.O=C1CN(S(=O)(=O)c2cccc(C(=O)N3CCNCC3)c2)CCN1. The second-order valence-corrected chi connectivity index (χ2v) is 7.70. The van der Waals surface area contributed by atoms with Crippen LogP contribution in [0.1, 0.15) is 10.4 Å². The summed E-state index contributed by atoms with van der Waals surface area (Å²) >= 11 is 0. The number of sulfonamides is 1. The molecule has 25 heavy (non-hydrogen) atoms. The number of halogens is 1. The van der Waals surface area contributed by atoms with Crippen molar-refractivity contribution >= 4 is 34.2 Å². The standard InChI is InChI=1S/C15H20N4O4S.ClH/c20-14-11-19(9-6-17-14)24(22,23)13-3-1-2-12(10-13)15(21)18-7-4-16-5-8-18;/h1-3,10,16H,4-9,11H2,(H,17,20);1H. The van der Waals surface area contributed by atoms with Gasteiger partial charge in [-0.1, -0.05) is 6.07 Å². The van der Waals surface area contributed by atoms with E-state index in [1.54, 1.807) is 17.0 Å². The largest absolute Gasteiger partial charge is 0.354 e. The van der Waals surface area contributed by atoms with Gasteiger partial charge in [0.1, 0.15) is 0 Å². The van der Waals surface area contributed by atoms with Crippen LogP contribution in [0.25, 0.3) is 0 Å². The van der Waals surface area contributed by atoms with E-state index >= 15 is 0 Å². The van der Waals surface area contributed by atoms with Gasteiger partial charge in [0, 0.05) is 44.8 Å². The predicted octanol–water partition coefficient (Wildman–Crippen LogP) is -0.726. The summed E-state index contributed by atoms with van der Waals surface area (Å²) in [7, 11) is -3.79. The van der Waals surface area contributed by atoms with E-state index in [0.29, 0.717) is 18.7 Å². The van der Waals surface area contributed by atoms with Crippen molar-refractivity contribution in [2.45, 2.75) is 4.90 Å². The quantitative estimate of drug-likeness (QED) is 0.711. The highest BCUT2D eigenvalue weighted by atomic mass is 35.5. The van der Waals surface area contributed by atoms with Crippen LogP contribution in [0.3, 0.4) is 0 Å². The molecule has 2 saturated heterocycles. The lowest BCUT2D eigenvalue weighted by molar-refractivity contribution is -0.122. The van der Waals surface area contributed by atoms with Crippen molar-refractivity contribution in [2.75, 3.05) is 45.8 Å². The summed E-state index contributed by atoms with van der Waals surface area (Å²) < 4.78 is 26.5. The third-order valence-electron chi connectivity index (χ3n) is 4.13. The number of carbonyl (C=O) groups excluding carboxylic acids is 2. The van der Waals surface area contributed by atoms with Gasteiger partial charge >= 0.3 is 0 Å². The van der Waals surface area contributed by atoms with Gasteiger partial charge in [-0.25, -0.2) is 8.42 Å². The molecule has 0 atom stereocenters. The Labute approximate surface area is 153 Å². The number of carbonyl (C=O) groups is 2. The van der Waals surface area contributed by atoms with Crippen molar-refractivity contribution in [1.29, 1.82) is 0 Å². The van der Waals surface area contributed by atoms with Crippen LogP contribution < -0.4 is 10.6 Å². The Morgan fingerprint density at radius 1 is 1.08 bits per heavy atom. The molecular weight excluding hydrogens is 368 g/mol. The van der Waals surface area contributed by atoms with E-state index in [2.05, 4.69) is 10.6 Å². The zero-order valence-electron chi connectivity index (χ0n) is 13.6. The molecule has 1 aromatic carbocycles. The van der Waals surface area contributed by atoms with Crippen LogP contribution in [-0.2, 0) is 14.8 Å². The zero-order valence-corrected chi connectivity index (χ0v) is 15.2. The normalized spacial score (nSPS) is 19.0. The minimum atomic E-state index is -3.79. The van der Waals surface area contributed by atoms with Crippen LogP contribution in [-0.4, -0.2) is 75.3 Å². The van der Waals surface area contributed by atoms with E-state index in [-0.39, 0.29) is 48.8 Å². The lowest BCUT2D eigenvalue weighted by atomic mass is 10.2. The van der Waals surface area contributed by atoms with Crippen LogP contribution >= 0.6 is 12.4 Å². The molecule has 2 amide bonds. The minimum Gasteiger partial charge on any atom is -0.354 e. The summed E-state index contributed by atoms with van der Waals surface area (Å²) in [6.07, 6.45) is 0. The highest BCUT2D eigenvalue weighted by molar-refractivity contribution is 7.89. The Hall–Kier alpha value is -1.68. The van der Waals surface area contributed by atoms with Crippen LogP contribution in [0, 0.1) is 0 Å². The van der Waals surface area contributed by atoms with E-state index in [9.17, 15) is 18.0 Å². The summed E-state index contributed by atoms with van der Waals surface area (Å²) in [5.74, 6) is -0.497. The molecule has 3 rings (SSSR count). The molecule has 0 bridgehead atoms. The summed E-state index contributed by atoms with van der Waals surface area (Å²) in [5, 5.41) is 5.77. The Kier molecular flexibility index (Phi) is 6.39. The number of piperazine rings is 2. The van der Waals surface area contributed by atoms with Gasteiger partial charge < -0.3 is 15.5 Å². The van der Waals surface area contributed by atoms with Crippen LogP contribution in [0.2, 0.25) is 0 Å². The molecule has 2 heterocycles. The number of amides is 2. The number of hydrogen-bond acceptors (Lipinski definition) is 5. The molecule has 0 unspecified atom stereocenters. The highest BCUT2D eigenvalue weighted by Crippen LogP contribution is 2.19. The molecule has 8 nitrogen and oxygen atoms in total. The fourth-order valence-corrected chi connectivity index (χ4v) is 4.25. The van der Waals surface area contributed by atoms with Gasteiger partial charge in [0.2, 0.25) is 15.9 Å². The smallest absolute Gasteiger partial charge is 0.253 e. The van der Waals surface area contributed by atoms with E-state index in [1.807, 2.05) is 0 Å². The van der Waals surface area contributed by atoms with Gasteiger partial charge in [-0.05, 0) is 18.2 Å². The molecule has 0 aliphatic carbocycles. The average Bonchev–Trinajstić information content (AvgIpc) is 2.62. The van der Waals surface area contributed by atoms with Crippen molar-refractivity contribution < 1.29 is 18.0 Å². The Morgan fingerprint density at radius 3 is 2.48 bits per heavy atom. The topological polar surface area (TPSA) is 98.8 Å². The molecule has 1 aromatic rings. The van der Waals surface area contributed by atoms with Crippen LogP contribution in [0.5, 0.6) is 0 Å². The monoisotopic (exact) mass is 388 g/mol. The first-order valence-electron chi connectivity index (χ1n) is 7.85. The van der Waals surface area contributed by atoms with E-state index in [1.165, 1.54) is 12.1 Å². The minimum absolute atomic E-state index is 0. The molecular formula is C15H21ClN4O4S. The molecule has 2 aliphatic rings. The van der Waals surface area contributed by atoms with Gasteiger partial charge in [0.05, 0.1) is 11.4 Å². The van der Waals surface area contributed by atoms with Crippen LogP contribution in [0.15, 0.2) is 29.2 Å². The first-order valence-corrected chi connectivity index (χ1v) is 9.29. The average molecular weight is 389 g/mol. The number of benzene rings is 1. The summed E-state index contributed by atoms with van der Waals surface area (Å²) in [6, 6.07) is 6.03. The fourth-order valence-electron chi connectivity index (χ4n) is 2.81. The molecule has 138 valence electrons. The number of nitrogens with zero attached hydrogens (tertiary/aromatic N) is 2. The molecule has 0 spiro atoms. The van der Waals surface area contributed by atoms with Gasteiger partial charge in [-0.3, -0.25) is 9.59 Å². The molecule has 0 aromatic heterocycles. The summed E-state index contributed by atoms with van der Waals surface area (Å²) in [6.45, 7) is 2.98. The van der Waals surface area contributed by atoms with Gasteiger partial charge in [0.25, 0.3) is 5.91 Å². The Balaban J connectivity index is 0.00000225. The zero-order chi connectivity index (χ0) is 17.2. The third kappa shape index (κ3) is 4.30. The van der Waals surface area contributed by atoms with Crippen molar-refractivity contribution in [1.82, 2.24) is 19.8 Å². The van der Waals surface area contributed by atoms with Gasteiger partial charge in [0.15, 0.2) is 0 Å². The third-order valence-corrected chi connectivity index (χ3v) is 5.97. The maximum Gasteiger partial charge on any atom is 0.253 e. The maximum absolute atomic E-state index is 12.7. The van der Waals surface area contributed by atoms with Crippen molar-refractivity contribution in [2.24, 2.45) is 0 Å². The second-order valence-electron chi connectivity index (χ2n) is 5.76. The van der Waals surface area contributed by atoms with E-state index < -0.39 is 10.0 Å². The first-order chi connectivity index (χ1) is 11.5. The number of nitrogens with one attached hydrogen (secondary N) is 2. The first kappa shape index (κ1) is 19.6. The van der Waals surface area contributed by atoms with E-state index in [4.69, 9.17) is 0 Å². The fraction of sp³-hybridized carbons (Fsp3) is 0.467. The molecule has 0 saturated carbocycles. The Bertz CT molecular complexity index is 750. The Morgan fingerprint density at radius 2 is 1.80 bits per heavy atom. The molecule has 10 heteroatoms. The highest BCUT2D eigenvalue weighted by Gasteiger charge is 2.30. The van der Waals surface area contributed by atoms with Crippen molar-refractivity contribution in [3.8, 4) is 0 Å². The molecule has 2 N–H and O–H groups in total. The van der Waals surface area contributed by atoms with Crippen LogP contribution in [0.4, 0.5) is 0 Å². The van der Waals surface area contributed by atoms with Gasteiger partial charge in [-0.15, -0.1) is 12.4 Å². The lowest BCUT2D eigenvalue weighted by Crippen LogP contribution is -2.49. The molecule has 2 fully saturated rings. The number of rotatable bonds is 3. The maximum atomic E-state index is 12.7. The summed E-state index contributed by atoms with van der Waals surface area (Å²) in [4.78, 5) is 25.7. The van der Waals surface area contributed by atoms with E-state index in [0.717, 1.165) is 17.4 Å². The second kappa shape index (κ2) is 8.13.